The number of carbonyl (C=O) groups excluding carboxylic acids is 1. The van der Waals surface area contributed by atoms with Crippen molar-refractivity contribution in [3.05, 3.63) is 70.9 Å². The zero-order chi connectivity index (χ0) is 18.3. The number of nitrogens with one attached hydrogen (secondary N) is 1. The molecule has 1 aliphatic rings. The van der Waals surface area contributed by atoms with E-state index in [0.717, 1.165) is 17.7 Å². The number of aromatic nitrogens is 1. The molecule has 0 bridgehead atoms. The Labute approximate surface area is 152 Å². The largest absolute Gasteiger partial charge is 0.356 e. The van der Waals surface area contributed by atoms with Crippen LogP contribution in [-0.4, -0.2) is 11.1 Å². The van der Waals surface area contributed by atoms with Crippen molar-refractivity contribution in [1.29, 1.82) is 0 Å². The van der Waals surface area contributed by atoms with Gasteiger partial charge in [-0.2, -0.15) is 0 Å². The lowest BCUT2D eigenvalue weighted by molar-refractivity contribution is -0.118. The molecule has 3 aromatic rings. The van der Waals surface area contributed by atoms with Crippen molar-refractivity contribution in [2.75, 3.05) is 5.32 Å². The monoisotopic (exact) mass is 374 g/mol. The van der Waals surface area contributed by atoms with Crippen LogP contribution in [0.15, 0.2) is 53.1 Å². The second-order valence-corrected chi connectivity index (χ2v) is 6.68. The lowest BCUT2D eigenvalue weighted by atomic mass is 10.00. The van der Waals surface area contributed by atoms with Gasteiger partial charge in [0, 0.05) is 28.4 Å². The molecular weight excluding hydrogens is 362 g/mol. The summed E-state index contributed by atoms with van der Waals surface area (Å²) in [6.45, 7) is 0. The number of amides is 1. The lowest BCUT2D eigenvalue weighted by Gasteiger charge is -2.12. The Morgan fingerprint density at radius 3 is 2.46 bits per heavy atom. The minimum absolute atomic E-state index is 0.196. The Morgan fingerprint density at radius 2 is 1.81 bits per heavy atom. The van der Waals surface area contributed by atoms with Crippen LogP contribution in [0.2, 0.25) is 5.02 Å². The molecular formula is C19H13ClF2N2O2. The second kappa shape index (κ2) is 6.21. The van der Waals surface area contributed by atoms with E-state index in [1.165, 1.54) is 6.07 Å². The highest BCUT2D eigenvalue weighted by Crippen LogP contribution is 2.49. The highest BCUT2D eigenvalue weighted by atomic mass is 35.5. The Balaban J connectivity index is 1.56. The Morgan fingerprint density at radius 1 is 1.08 bits per heavy atom. The van der Waals surface area contributed by atoms with E-state index in [-0.39, 0.29) is 11.6 Å². The molecule has 1 saturated carbocycles. The van der Waals surface area contributed by atoms with Gasteiger partial charge in [0.25, 0.3) is 0 Å². The van der Waals surface area contributed by atoms with E-state index < -0.39 is 17.0 Å². The molecule has 0 aliphatic heterocycles. The summed E-state index contributed by atoms with van der Waals surface area (Å²) in [5.74, 6) is -1.77. The summed E-state index contributed by atoms with van der Waals surface area (Å²) in [5, 5.41) is 7.27. The quantitative estimate of drug-likeness (QED) is 0.703. The van der Waals surface area contributed by atoms with Crippen molar-refractivity contribution in [2.24, 2.45) is 0 Å². The predicted molar refractivity (Wildman–Crippen MR) is 92.8 cm³/mol. The summed E-state index contributed by atoms with van der Waals surface area (Å²) < 4.78 is 31.7. The summed E-state index contributed by atoms with van der Waals surface area (Å²) in [4.78, 5) is 12.7. The molecule has 1 heterocycles. The predicted octanol–water partition coefficient (Wildman–Crippen LogP) is 4.94. The van der Waals surface area contributed by atoms with E-state index in [0.29, 0.717) is 29.3 Å². The topological polar surface area (TPSA) is 55.1 Å². The van der Waals surface area contributed by atoms with Gasteiger partial charge < -0.3 is 9.84 Å². The molecule has 4 nitrogen and oxygen atoms in total. The molecule has 0 saturated heterocycles. The third kappa shape index (κ3) is 2.97. The molecule has 26 heavy (non-hydrogen) atoms. The fourth-order valence-electron chi connectivity index (χ4n) is 2.80. The molecule has 1 fully saturated rings. The fourth-order valence-corrected chi connectivity index (χ4v) is 2.93. The number of hydrogen-bond acceptors (Lipinski definition) is 3. The molecule has 0 atom stereocenters. The molecule has 1 aliphatic carbocycles. The molecule has 4 rings (SSSR count). The van der Waals surface area contributed by atoms with E-state index >= 15 is 0 Å². The minimum atomic E-state index is -1.01. The number of benzene rings is 2. The first kappa shape index (κ1) is 16.7. The van der Waals surface area contributed by atoms with E-state index in [1.54, 1.807) is 30.3 Å². The summed E-state index contributed by atoms with van der Waals surface area (Å²) in [6.07, 6.45) is 1.21. The second-order valence-electron chi connectivity index (χ2n) is 6.25. The van der Waals surface area contributed by atoms with Gasteiger partial charge in [0.2, 0.25) is 5.91 Å². The number of anilines is 1. The highest BCUT2D eigenvalue weighted by Gasteiger charge is 2.53. The summed E-state index contributed by atoms with van der Waals surface area (Å²) in [7, 11) is 0. The molecule has 1 N–H and O–H groups in total. The van der Waals surface area contributed by atoms with Crippen LogP contribution in [0.5, 0.6) is 0 Å². The molecule has 0 unspecified atom stereocenters. The van der Waals surface area contributed by atoms with Crippen LogP contribution in [0.3, 0.4) is 0 Å². The van der Waals surface area contributed by atoms with Gasteiger partial charge in [-0.25, -0.2) is 8.78 Å². The number of nitrogens with zero attached hydrogens (tertiary/aromatic N) is 1. The average molecular weight is 375 g/mol. The summed E-state index contributed by atoms with van der Waals surface area (Å²) in [5.41, 5.74) is 0.702. The zero-order valence-corrected chi connectivity index (χ0v) is 14.2. The first-order valence-corrected chi connectivity index (χ1v) is 8.35. The van der Waals surface area contributed by atoms with E-state index in [9.17, 15) is 13.6 Å². The van der Waals surface area contributed by atoms with Crippen LogP contribution < -0.4 is 5.32 Å². The van der Waals surface area contributed by atoms with Crippen molar-refractivity contribution < 1.29 is 18.1 Å². The van der Waals surface area contributed by atoms with Crippen molar-refractivity contribution in [1.82, 2.24) is 5.16 Å². The van der Waals surface area contributed by atoms with Crippen molar-refractivity contribution >= 4 is 23.2 Å². The minimum Gasteiger partial charge on any atom is -0.356 e. The maximum atomic E-state index is 13.3. The van der Waals surface area contributed by atoms with Gasteiger partial charge in [-0.15, -0.1) is 0 Å². The first-order valence-electron chi connectivity index (χ1n) is 7.98. The molecule has 1 aromatic heterocycles. The number of halogens is 3. The molecule has 0 spiro atoms. The standard InChI is InChI=1S/C19H13ClF2N2O2/c20-12-3-1-11(2-4-12)16-10-17(24-26-16)19(7-8-19)18(25)23-13-5-6-14(21)15(22)9-13/h1-6,9-10H,7-8H2,(H,23,25). The van der Waals surface area contributed by atoms with E-state index in [4.69, 9.17) is 16.1 Å². The van der Waals surface area contributed by atoms with Gasteiger partial charge >= 0.3 is 0 Å². The SMILES string of the molecule is O=C(Nc1ccc(F)c(F)c1)C1(c2cc(-c3ccc(Cl)cc3)on2)CC1. The number of hydrogen-bond donors (Lipinski definition) is 1. The maximum absolute atomic E-state index is 13.3. The van der Waals surface area contributed by atoms with Gasteiger partial charge in [-0.1, -0.05) is 16.8 Å². The Hall–Kier alpha value is -2.73. The average Bonchev–Trinajstić information content (AvgIpc) is 3.29. The Kier molecular flexibility index (Phi) is 4.00. The van der Waals surface area contributed by atoms with Gasteiger partial charge in [0.15, 0.2) is 17.4 Å². The smallest absolute Gasteiger partial charge is 0.236 e. The lowest BCUT2D eigenvalue weighted by Crippen LogP contribution is -2.28. The van der Waals surface area contributed by atoms with Crippen molar-refractivity contribution in [3.8, 4) is 11.3 Å². The molecule has 2 aromatic carbocycles. The number of rotatable bonds is 4. The van der Waals surface area contributed by atoms with E-state index in [2.05, 4.69) is 10.5 Å². The molecule has 0 radical (unpaired) electrons. The third-order valence-electron chi connectivity index (χ3n) is 4.49. The van der Waals surface area contributed by atoms with E-state index in [1.807, 2.05) is 0 Å². The van der Waals surface area contributed by atoms with Gasteiger partial charge in [0.05, 0.1) is 11.1 Å². The van der Waals surface area contributed by atoms with Crippen LogP contribution in [-0.2, 0) is 10.2 Å². The zero-order valence-electron chi connectivity index (χ0n) is 13.4. The van der Waals surface area contributed by atoms with Crippen LogP contribution in [0.4, 0.5) is 14.5 Å². The normalized spacial score (nSPS) is 14.9. The number of carbonyl (C=O) groups is 1. The van der Waals surface area contributed by atoms with Gasteiger partial charge in [0.1, 0.15) is 0 Å². The summed E-state index contributed by atoms with van der Waals surface area (Å²) in [6, 6.07) is 12.0. The highest BCUT2D eigenvalue weighted by molar-refractivity contribution is 6.30. The fraction of sp³-hybridized carbons (Fsp3) is 0.158. The molecule has 132 valence electrons. The molecule has 1 amide bonds. The van der Waals surface area contributed by atoms with Gasteiger partial charge in [-0.3, -0.25) is 4.79 Å². The Bertz CT molecular complexity index is 981. The van der Waals surface area contributed by atoms with Gasteiger partial charge in [-0.05, 0) is 49.2 Å². The molecule has 7 heteroatoms. The van der Waals surface area contributed by atoms with Crippen LogP contribution in [0.25, 0.3) is 11.3 Å². The first-order chi connectivity index (χ1) is 12.5. The van der Waals surface area contributed by atoms with Crippen LogP contribution in [0, 0.1) is 11.6 Å². The summed E-state index contributed by atoms with van der Waals surface area (Å²) >= 11 is 5.88. The van der Waals surface area contributed by atoms with Crippen LogP contribution in [0.1, 0.15) is 18.5 Å². The maximum Gasteiger partial charge on any atom is 0.236 e. The van der Waals surface area contributed by atoms with Crippen LogP contribution >= 0.6 is 11.6 Å². The van der Waals surface area contributed by atoms with Crippen molar-refractivity contribution in [2.45, 2.75) is 18.3 Å². The van der Waals surface area contributed by atoms with Crippen molar-refractivity contribution in [3.63, 3.8) is 0 Å². The third-order valence-corrected chi connectivity index (χ3v) is 4.74.